The number of hydrogen-bond donors (Lipinski definition) is 3. The van der Waals surface area contributed by atoms with Gasteiger partial charge in [-0.15, -0.1) is 0 Å². The molecule has 0 atom stereocenters. The molecule has 0 saturated heterocycles. The van der Waals surface area contributed by atoms with E-state index in [0.717, 1.165) is 5.56 Å². The maximum Gasteiger partial charge on any atom is 0.269 e. The fourth-order valence-electron chi connectivity index (χ4n) is 1.71. The van der Waals surface area contributed by atoms with E-state index in [-0.39, 0.29) is 29.7 Å². The molecule has 1 amide bonds. The van der Waals surface area contributed by atoms with Crippen molar-refractivity contribution in [3.05, 3.63) is 35.7 Å². The molecule has 0 aliphatic heterocycles. The van der Waals surface area contributed by atoms with Gasteiger partial charge in [0.15, 0.2) is 11.5 Å². The quantitative estimate of drug-likeness (QED) is 0.759. The van der Waals surface area contributed by atoms with Crippen molar-refractivity contribution in [2.24, 2.45) is 0 Å². The summed E-state index contributed by atoms with van der Waals surface area (Å²) in [6, 6.07) is 4.84. The van der Waals surface area contributed by atoms with Crippen molar-refractivity contribution in [1.29, 1.82) is 0 Å². The molecule has 1 aromatic carbocycles. The average molecular weight is 277 g/mol. The third-order valence-corrected chi connectivity index (χ3v) is 2.74. The van der Waals surface area contributed by atoms with E-state index in [9.17, 15) is 9.90 Å². The van der Waals surface area contributed by atoms with Crippen molar-refractivity contribution in [3.8, 4) is 17.2 Å². The van der Waals surface area contributed by atoms with Crippen molar-refractivity contribution in [1.82, 2.24) is 15.5 Å². The van der Waals surface area contributed by atoms with Gasteiger partial charge in [-0.05, 0) is 23.8 Å². The van der Waals surface area contributed by atoms with E-state index in [4.69, 9.17) is 9.47 Å². The maximum atomic E-state index is 11.8. The molecule has 3 N–H and O–H groups in total. The first kappa shape index (κ1) is 13.7. The van der Waals surface area contributed by atoms with E-state index in [1.807, 2.05) is 0 Å². The lowest BCUT2D eigenvalue weighted by atomic mass is 10.1. The lowest BCUT2D eigenvalue weighted by Crippen LogP contribution is -2.23. The predicted octanol–water partition coefficient (Wildman–Crippen LogP) is 1.06. The fraction of sp³-hybridized carbons (Fsp3) is 0.231. The standard InChI is InChI=1S/C13H15N3O4/c1-19-10-5-8(6-11(20-2)12(10)17)7-14-13(18)9-3-4-15-16-9/h3-6,17H,7H2,1-2H3,(H,14,18)(H,15,16). The third-order valence-electron chi connectivity index (χ3n) is 2.74. The molecular weight excluding hydrogens is 262 g/mol. The predicted molar refractivity (Wildman–Crippen MR) is 71.0 cm³/mol. The second-order valence-corrected chi connectivity index (χ2v) is 4.00. The Morgan fingerprint density at radius 1 is 1.35 bits per heavy atom. The van der Waals surface area contributed by atoms with Crippen LogP contribution in [0.25, 0.3) is 0 Å². The molecule has 1 aromatic heterocycles. The number of hydrogen-bond acceptors (Lipinski definition) is 5. The minimum atomic E-state index is -0.270. The highest BCUT2D eigenvalue weighted by Gasteiger charge is 2.12. The maximum absolute atomic E-state index is 11.8. The second kappa shape index (κ2) is 5.96. The normalized spacial score (nSPS) is 10.1. The summed E-state index contributed by atoms with van der Waals surface area (Å²) in [5, 5.41) is 18.8. The lowest BCUT2D eigenvalue weighted by Gasteiger charge is -2.11. The van der Waals surface area contributed by atoms with Crippen LogP contribution in [0.3, 0.4) is 0 Å². The molecule has 1 heterocycles. The van der Waals surface area contributed by atoms with Gasteiger partial charge >= 0.3 is 0 Å². The molecule has 0 unspecified atom stereocenters. The van der Waals surface area contributed by atoms with Gasteiger partial charge in [0.2, 0.25) is 5.75 Å². The minimum absolute atomic E-state index is 0.0707. The van der Waals surface area contributed by atoms with E-state index >= 15 is 0 Å². The van der Waals surface area contributed by atoms with Crippen LogP contribution >= 0.6 is 0 Å². The number of aromatic amines is 1. The van der Waals surface area contributed by atoms with Crippen molar-refractivity contribution in [2.75, 3.05) is 14.2 Å². The molecule has 2 rings (SSSR count). The Bertz CT molecular complexity index is 571. The van der Waals surface area contributed by atoms with Gasteiger partial charge in [-0.3, -0.25) is 9.89 Å². The first-order chi connectivity index (χ1) is 9.65. The molecular formula is C13H15N3O4. The van der Waals surface area contributed by atoms with Gasteiger partial charge in [-0.25, -0.2) is 0 Å². The number of carbonyl (C=O) groups excluding carboxylic acids is 1. The molecule has 0 fully saturated rings. The Balaban J connectivity index is 2.11. The van der Waals surface area contributed by atoms with E-state index in [1.54, 1.807) is 18.2 Å². The number of carbonyl (C=O) groups is 1. The first-order valence-corrected chi connectivity index (χ1v) is 5.87. The summed E-state index contributed by atoms with van der Waals surface area (Å²) >= 11 is 0. The highest BCUT2D eigenvalue weighted by molar-refractivity contribution is 5.92. The van der Waals surface area contributed by atoms with Gasteiger partial charge in [-0.2, -0.15) is 5.10 Å². The van der Waals surface area contributed by atoms with Gasteiger partial charge in [0, 0.05) is 12.7 Å². The summed E-state index contributed by atoms with van der Waals surface area (Å²) in [6.07, 6.45) is 1.50. The van der Waals surface area contributed by atoms with Crippen LogP contribution < -0.4 is 14.8 Å². The zero-order valence-electron chi connectivity index (χ0n) is 11.1. The minimum Gasteiger partial charge on any atom is -0.502 e. The van der Waals surface area contributed by atoms with E-state index in [2.05, 4.69) is 15.5 Å². The van der Waals surface area contributed by atoms with Crippen LogP contribution in [0.15, 0.2) is 24.4 Å². The average Bonchev–Trinajstić information content (AvgIpc) is 3.00. The Morgan fingerprint density at radius 3 is 2.50 bits per heavy atom. The highest BCUT2D eigenvalue weighted by atomic mass is 16.5. The number of aromatic nitrogens is 2. The molecule has 7 heteroatoms. The number of phenols is 1. The lowest BCUT2D eigenvalue weighted by molar-refractivity contribution is 0.0946. The SMILES string of the molecule is COc1cc(CNC(=O)c2ccn[nH]2)cc(OC)c1O. The van der Waals surface area contributed by atoms with Crippen molar-refractivity contribution >= 4 is 5.91 Å². The number of aromatic hydroxyl groups is 1. The number of nitrogens with one attached hydrogen (secondary N) is 2. The zero-order chi connectivity index (χ0) is 14.5. The summed E-state index contributed by atoms with van der Waals surface area (Å²) in [4.78, 5) is 11.8. The molecule has 0 aliphatic carbocycles. The molecule has 0 bridgehead atoms. The van der Waals surface area contributed by atoms with Crippen LogP contribution in [0.5, 0.6) is 17.2 Å². The van der Waals surface area contributed by atoms with Gasteiger partial charge in [0.05, 0.1) is 14.2 Å². The molecule has 20 heavy (non-hydrogen) atoms. The Kier molecular flexibility index (Phi) is 4.09. The van der Waals surface area contributed by atoms with Crippen molar-refractivity contribution in [3.63, 3.8) is 0 Å². The number of methoxy groups -OCH3 is 2. The molecule has 0 saturated carbocycles. The number of H-pyrrole nitrogens is 1. The number of phenolic OH excluding ortho intramolecular Hbond substituents is 1. The smallest absolute Gasteiger partial charge is 0.269 e. The van der Waals surface area contributed by atoms with Gasteiger partial charge in [0.25, 0.3) is 5.91 Å². The number of nitrogens with zero attached hydrogens (tertiary/aromatic N) is 1. The van der Waals surface area contributed by atoms with Crippen molar-refractivity contribution in [2.45, 2.75) is 6.54 Å². The van der Waals surface area contributed by atoms with E-state index < -0.39 is 0 Å². The Labute approximate surface area is 115 Å². The van der Waals surface area contributed by atoms with Crippen LogP contribution in [0, 0.1) is 0 Å². The van der Waals surface area contributed by atoms with Gasteiger partial charge in [0.1, 0.15) is 5.69 Å². The van der Waals surface area contributed by atoms with Crippen LogP contribution in [0.4, 0.5) is 0 Å². The largest absolute Gasteiger partial charge is 0.502 e. The van der Waals surface area contributed by atoms with Crippen LogP contribution in [-0.2, 0) is 6.54 Å². The van der Waals surface area contributed by atoms with Gasteiger partial charge in [-0.1, -0.05) is 0 Å². The third kappa shape index (κ3) is 2.82. The summed E-state index contributed by atoms with van der Waals surface area (Å²) < 4.78 is 10.1. The van der Waals surface area contributed by atoms with Crippen LogP contribution in [0.1, 0.15) is 16.1 Å². The molecule has 2 aromatic rings. The van der Waals surface area contributed by atoms with Gasteiger partial charge < -0.3 is 19.9 Å². The second-order valence-electron chi connectivity index (χ2n) is 4.00. The Morgan fingerprint density at radius 2 is 2.00 bits per heavy atom. The Hall–Kier alpha value is -2.70. The number of ether oxygens (including phenoxy) is 2. The summed E-state index contributed by atoms with van der Waals surface area (Å²) in [5.74, 6) is 0.234. The summed E-state index contributed by atoms with van der Waals surface area (Å²) in [7, 11) is 2.89. The molecule has 0 aliphatic rings. The highest BCUT2D eigenvalue weighted by Crippen LogP contribution is 2.36. The molecule has 0 spiro atoms. The molecule has 7 nitrogen and oxygen atoms in total. The molecule has 0 radical (unpaired) electrons. The zero-order valence-corrected chi connectivity index (χ0v) is 11.1. The summed E-state index contributed by atoms with van der Waals surface area (Å²) in [5.41, 5.74) is 1.12. The number of amides is 1. The monoisotopic (exact) mass is 277 g/mol. The number of benzene rings is 1. The van der Waals surface area contributed by atoms with Crippen LogP contribution in [0.2, 0.25) is 0 Å². The fourth-order valence-corrected chi connectivity index (χ4v) is 1.71. The molecule has 106 valence electrons. The van der Waals surface area contributed by atoms with Crippen LogP contribution in [-0.4, -0.2) is 35.4 Å². The first-order valence-electron chi connectivity index (χ1n) is 5.87. The number of rotatable bonds is 5. The van der Waals surface area contributed by atoms with Crippen molar-refractivity contribution < 1.29 is 19.4 Å². The van der Waals surface area contributed by atoms with E-state index in [0.29, 0.717) is 5.69 Å². The topological polar surface area (TPSA) is 96.5 Å². The van der Waals surface area contributed by atoms with E-state index in [1.165, 1.54) is 20.4 Å². The summed E-state index contributed by atoms with van der Waals surface area (Å²) in [6.45, 7) is 0.269.